The smallest absolute Gasteiger partial charge is 0.180 e. The minimum atomic E-state index is 0.493. The number of nitrogens with zero attached hydrogens (tertiary/aromatic N) is 3. The fourth-order valence-electron chi connectivity index (χ4n) is 2.37. The molecule has 0 radical (unpaired) electrons. The van der Waals surface area contributed by atoms with Gasteiger partial charge in [-0.05, 0) is 42.7 Å². The molecular weight excluding hydrogens is 284 g/mol. The SMILES string of the molecule is Cc1cc(Nc2cccc(C(C)C)c2)nc(-c2ccccn2)n1. The summed E-state index contributed by atoms with van der Waals surface area (Å²) in [4.78, 5) is 13.4. The van der Waals surface area contributed by atoms with E-state index in [1.165, 1.54) is 5.56 Å². The first-order chi connectivity index (χ1) is 11.1. The molecule has 0 aliphatic heterocycles. The highest BCUT2D eigenvalue weighted by molar-refractivity contribution is 5.60. The Bertz CT molecular complexity index is 797. The molecule has 1 aromatic carbocycles. The number of hydrogen-bond donors (Lipinski definition) is 1. The van der Waals surface area contributed by atoms with Crippen molar-refractivity contribution in [1.82, 2.24) is 15.0 Å². The summed E-state index contributed by atoms with van der Waals surface area (Å²) >= 11 is 0. The van der Waals surface area contributed by atoms with E-state index in [1.54, 1.807) is 6.20 Å². The van der Waals surface area contributed by atoms with E-state index in [0.29, 0.717) is 11.7 Å². The molecule has 0 amide bonds. The van der Waals surface area contributed by atoms with Gasteiger partial charge in [-0.15, -0.1) is 0 Å². The van der Waals surface area contributed by atoms with E-state index in [-0.39, 0.29) is 0 Å². The van der Waals surface area contributed by atoms with Crippen molar-refractivity contribution in [3.63, 3.8) is 0 Å². The van der Waals surface area contributed by atoms with Crippen LogP contribution in [0.25, 0.3) is 11.5 Å². The van der Waals surface area contributed by atoms with Gasteiger partial charge in [-0.25, -0.2) is 9.97 Å². The Morgan fingerprint density at radius 3 is 2.57 bits per heavy atom. The van der Waals surface area contributed by atoms with Crippen LogP contribution in [0.15, 0.2) is 54.7 Å². The van der Waals surface area contributed by atoms with Crippen LogP contribution >= 0.6 is 0 Å². The highest BCUT2D eigenvalue weighted by Crippen LogP contribution is 2.22. The summed E-state index contributed by atoms with van der Waals surface area (Å²) in [5.74, 6) is 1.90. The van der Waals surface area contributed by atoms with E-state index in [1.807, 2.05) is 37.3 Å². The molecule has 4 nitrogen and oxygen atoms in total. The topological polar surface area (TPSA) is 50.7 Å². The molecule has 0 bridgehead atoms. The van der Waals surface area contributed by atoms with Crippen LogP contribution in [-0.2, 0) is 0 Å². The second kappa shape index (κ2) is 6.57. The van der Waals surface area contributed by atoms with Gasteiger partial charge in [0, 0.05) is 23.6 Å². The molecule has 116 valence electrons. The van der Waals surface area contributed by atoms with E-state index in [2.05, 4.69) is 52.3 Å². The van der Waals surface area contributed by atoms with Crippen molar-refractivity contribution in [3.05, 3.63) is 66.0 Å². The predicted octanol–water partition coefficient (Wildman–Crippen LogP) is 4.71. The molecule has 0 saturated heterocycles. The minimum absolute atomic E-state index is 0.493. The zero-order chi connectivity index (χ0) is 16.2. The van der Waals surface area contributed by atoms with Gasteiger partial charge in [0.1, 0.15) is 11.5 Å². The van der Waals surface area contributed by atoms with Crippen molar-refractivity contribution >= 4 is 11.5 Å². The molecule has 3 aromatic rings. The zero-order valence-electron chi connectivity index (χ0n) is 13.6. The summed E-state index contributed by atoms with van der Waals surface area (Å²) in [6.07, 6.45) is 1.75. The van der Waals surface area contributed by atoms with Gasteiger partial charge in [0.05, 0.1) is 0 Å². The lowest BCUT2D eigenvalue weighted by Gasteiger charge is -2.11. The second-order valence-electron chi connectivity index (χ2n) is 5.84. The Labute approximate surface area is 136 Å². The highest BCUT2D eigenvalue weighted by atomic mass is 15.0. The summed E-state index contributed by atoms with van der Waals surface area (Å²) in [6, 6.07) is 16.1. The standard InChI is InChI=1S/C19H20N4/c1-13(2)15-7-6-8-16(12-15)22-18-11-14(3)21-19(23-18)17-9-4-5-10-20-17/h4-13H,1-3H3,(H,21,22,23). The van der Waals surface area contributed by atoms with Crippen LogP contribution in [0, 0.1) is 6.92 Å². The third-order valence-electron chi connectivity index (χ3n) is 3.57. The zero-order valence-corrected chi connectivity index (χ0v) is 13.6. The lowest BCUT2D eigenvalue weighted by molar-refractivity contribution is 0.867. The maximum absolute atomic E-state index is 4.59. The summed E-state index contributed by atoms with van der Waals surface area (Å²) in [7, 11) is 0. The fraction of sp³-hybridized carbons (Fsp3) is 0.211. The molecule has 0 fully saturated rings. The van der Waals surface area contributed by atoms with E-state index in [9.17, 15) is 0 Å². The molecule has 0 atom stereocenters. The molecule has 3 rings (SSSR count). The number of pyridine rings is 1. The maximum atomic E-state index is 4.59. The molecule has 0 saturated carbocycles. The summed E-state index contributed by atoms with van der Waals surface area (Å²) < 4.78 is 0. The third-order valence-corrected chi connectivity index (χ3v) is 3.57. The number of aryl methyl sites for hydroxylation is 1. The first kappa shape index (κ1) is 15.2. The van der Waals surface area contributed by atoms with Gasteiger partial charge in [-0.3, -0.25) is 4.98 Å². The van der Waals surface area contributed by atoms with Gasteiger partial charge in [0.15, 0.2) is 5.82 Å². The average Bonchev–Trinajstić information content (AvgIpc) is 2.55. The number of aromatic nitrogens is 3. The van der Waals surface area contributed by atoms with Gasteiger partial charge in [-0.1, -0.05) is 32.0 Å². The van der Waals surface area contributed by atoms with Gasteiger partial charge < -0.3 is 5.32 Å². The fourth-order valence-corrected chi connectivity index (χ4v) is 2.37. The van der Waals surface area contributed by atoms with Crippen molar-refractivity contribution < 1.29 is 0 Å². The van der Waals surface area contributed by atoms with Crippen molar-refractivity contribution in [3.8, 4) is 11.5 Å². The van der Waals surface area contributed by atoms with Crippen LogP contribution < -0.4 is 5.32 Å². The Morgan fingerprint density at radius 1 is 0.957 bits per heavy atom. The van der Waals surface area contributed by atoms with E-state index in [4.69, 9.17) is 0 Å². The summed E-state index contributed by atoms with van der Waals surface area (Å²) in [6.45, 7) is 6.34. The number of hydrogen-bond acceptors (Lipinski definition) is 4. The maximum Gasteiger partial charge on any atom is 0.180 e. The van der Waals surface area contributed by atoms with Gasteiger partial charge in [0.25, 0.3) is 0 Å². The van der Waals surface area contributed by atoms with Crippen LogP contribution in [0.2, 0.25) is 0 Å². The quantitative estimate of drug-likeness (QED) is 0.758. The molecule has 4 heteroatoms. The average molecular weight is 304 g/mol. The molecule has 0 aliphatic rings. The van der Waals surface area contributed by atoms with Crippen LogP contribution in [0.5, 0.6) is 0 Å². The monoisotopic (exact) mass is 304 g/mol. The summed E-state index contributed by atoms with van der Waals surface area (Å²) in [5, 5.41) is 3.37. The highest BCUT2D eigenvalue weighted by Gasteiger charge is 2.07. The summed E-state index contributed by atoms with van der Waals surface area (Å²) in [5.41, 5.74) is 4.00. The Balaban J connectivity index is 1.92. The van der Waals surface area contributed by atoms with Crippen molar-refractivity contribution in [2.45, 2.75) is 26.7 Å². The molecule has 0 spiro atoms. The molecule has 0 unspecified atom stereocenters. The van der Waals surface area contributed by atoms with E-state index >= 15 is 0 Å². The molecule has 23 heavy (non-hydrogen) atoms. The largest absolute Gasteiger partial charge is 0.340 e. The Kier molecular flexibility index (Phi) is 4.33. The van der Waals surface area contributed by atoms with Crippen LogP contribution in [0.4, 0.5) is 11.5 Å². The number of rotatable bonds is 4. The number of nitrogens with one attached hydrogen (secondary N) is 1. The lowest BCUT2D eigenvalue weighted by atomic mass is 10.0. The van der Waals surface area contributed by atoms with Crippen molar-refractivity contribution in [2.75, 3.05) is 5.32 Å². The molecule has 0 aliphatic carbocycles. The molecule has 2 heterocycles. The Morgan fingerprint density at radius 2 is 1.83 bits per heavy atom. The number of benzene rings is 1. The van der Waals surface area contributed by atoms with Crippen LogP contribution in [0.1, 0.15) is 31.0 Å². The van der Waals surface area contributed by atoms with Gasteiger partial charge >= 0.3 is 0 Å². The second-order valence-corrected chi connectivity index (χ2v) is 5.84. The van der Waals surface area contributed by atoms with Gasteiger partial charge in [0.2, 0.25) is 0 Å². The predicted molar refractivity (Wildman–Crippen MR) is 93.8 cm³/mol. The van der Waals surface area contributed by atoms with Crippen LogP contribution in [0.3, 0.4) is 0 Å². The Hall–Kier alpha value is -2.75. The minimum Gasteiger partial charge on any atom is -0.340 e. The van der Waals surface area contributed by atoms with Crippen molar-refractivity contribution in [2.24, 2.45) is 0 Å². The normalized spacial score (nSPS) is 10.8. The molecule has 2 aromatic heterocycles. The third kappa shape index (κ3) is 3.72. The number of anilines is 2. The van der Waals surface area contributed by atoms with Gasteiger partial charge in [-0.2, -0.15) is 0 Å². The molecule has 1 N–H and O–H groups in total. The lowest BCUT2D eigenvalue weighted by Crippen LogP contribution is -2.00. The van der Waals surface area contributed by atoms with E-state index in [0.717, 1.165) is 22.9 Å². The first-order valence-corrected chi connectivity index (χ1v) is 7.76. The first-order valence-electron chi connectivity index (χ1n) is 7.76. The van der Waals surface area contributed by atoms with Crippen molar-refractivity contribution in [1.29, 1.82) is 0 Å². The van der Waals surface area contributed by atoms with Crippen LogP contribution in [-0.4, -0.2) is 15.0 Å². The molecular formula is C19H20N4. The van der Waals surface area contributed by atoms with E-state index < -0.39 is 0 Å².